The monoisotopic (exact) mass is 310 g/mol. The highest BCUT2D eigenvalue weighted by atomic mass is 32.1. The Morgan fingerprint density at radius 1 is 1.43 bits per heavy atom. The molecule has 0 atom stereocenters. The van der Waals surface area contributed by atoms with Crippen molar-refractivity contribution in [1.82, 2.24) is 9.88 Å². The predicted octanol–water partition coefficient (Wildman–Crippen LogP) is 1.80. The molecule has 0 spiro atoms. The lowest BCUT2D eigenvalue weighted by atomic mass is 9.98. The number of nitrogens with two attached hydrogens (primary N) is 1. The number of hydrogen-bond acceptors (Lipinski definition) is 6. The lowest BCUT2D eigenvalue weighted by molar-refractivity contribution is 0.0618. The van der Waals surface area contributed by atoms with Gasteiger partial charge in [0.2, 0.25) is 0 Å². The first-order valence-electron chi connectivity index (χ1n) is 7.48. The summed E-state index contributed by atoms with van der Waals surface area (Å²) in [7, 11) is 1.73. The third-order valence-corrected chi connectivity index (χ3v) is 5.05. The largest absolute Gasteiger partial charge is 0.384 e. The number of carbonyl (C=O) groups is 1. The summed E-state index contributed by atoms with van der Waals surface area (Å²) >= 11 is 1.38. The highest BCUT2D eigenvalue weighted by Crippen LogP contribution is 2.32. The average molecular weight is 310 g/mol. The Labute approximate surface area is 128 Å². The molecular weight excluding hydrogens is 288 g/mol. The lowest BCUT2D eigenvalue weighted by Crippen LogP contribution is -2.39. The number of ether oxygens (including phenoxy) is 1. The lowest BCUT2D eigenvalue weighted by Gasteiger charge is -2.31. The Kier molecular flexibility index (Phi) is 4.30. The number of thiazole rings is 1. The minimum absolute atomic E-state index is 0.0183. The van der Waals surface area contributed by atoms with E-state index >= 15 is 0 Å². The average Bonchev–Trinajstić information content (AvgIpc) is 3.21. The van der Waals surface area contributed by atoms with Gasteiger partial charge in [-0.3, -0.25) is 4.79 Å². The molecule has 1 amide bonds. The second kappa shape index (κ2) is 6.19. The van der Waals surface area contributed by atoms with Gasteiger partial charge in [0.05, 0.1) is 0 Å². The molecule has 21 heavy (non-hydrogen) atoms. The molecule has 1 aliphatic carbocycles. The summed E-state index contributed by atoms with van der Waals surface area (Å²) in [6.45, 7) is 2.32. The second-order valence-corrected chi connectivity index (χ2v) is 6.84. The zero-order chi connectivity index (χ0) is 14.8. The number of methoxy groups -OCH3 is 1. The van der Waals surface area contributed by atoms with Crippen molar-refractivity contribution in [2.45, 2.75) is 31.7 Å². The van der Waals surface area contributed by atoms with Crippen molar-refractivity contribution in [2.75, 3.05) is 37.9 Å². The van der Waals surface area contributed by atoms with Gasteiger partial charge >= 0.3 is 0 Å². The highest BCUT2D eigenvalue weighted by molar-refractivity contribution is 7.18. The Balaban J connectivity index is 1.61. The smallest absolute Gasteiger partial charge is 0.267 e. The van der Waals surface area contributed by atoms with Gasteiger partial charge in [0, 0.05) is 32.8 Å². The Hall–Kier alpha value is -1.34. The van der Waals surface area contributed by atoms with Crippen LogP contribution in [0, 0.1) is 5.92 Å². The minimum Gasteiger partial charge on any atom is -0.384 e. The van der Waals surface area contributed by atoms with Crippen LogP contribution >= 0.6 is 11.3 Å². The second-order valence-electron chi connectivity index (χ2n) is 5.84. The Morgan fingerprint density at radius 3 is 2.76 bits per heavy atom. The molecular formula is C14H22N4O2S. The standard InChI is InChI=1S/C14H22N4O2S/c1-20-8-9-4-6-18(7-5-9)13(19)11-12(15)17-14(21-11)16-10-2-3-10/h9-10H,2-8,15H2,1H3,(H,16,17). The van der Waals surface area contributed by atoms with Crippen LogP contribution in [0.25, 0.3) is 0 Å². The summed E-state index contributed by atoms with van der Waals surface area (Å²) in [4.78, 5) is 19.3. The van der Waals surface area contributed by atoms with Crippen LogP contribution in [0.4, 0.5) is 10.9 Å². The molecule has 1 saturated carbocycles. The molecule has 1 aliphatic heterocycles. The number of hydrogen-bond donors (Lipinski definition) is 2. The normalized spacial score (nSPS) is 19.8. The summed E-state index contributed by atoms with van der Waals surface area (Å²) in [5.74, 6) is 0.932. The maximum atomic E-state index is 12.6. The summed E-state index contributed by atoms with van der Waals surface area (Å²) in [6, 6.07) is 0.517. The van der Waals surface area contributed by atoms with Crippen molar-refractivity contribution in [3.8, 4) is 0 Å². The van der Waals surface area contributed by atoms with Gasteiger partial charge in [-0.2, -0.15) is 0 Å². The number of aromatic nitrogens is 1. The van der Waals surface area contributed by atoms with Crippen LogP contribution in [0.1, 0.15) is 35.4 Å². The maximum Gasteiger partial charge on any atom is 0.267 e. The van der Waals surface area contributed by atoms with Gasteiger partial charge < -0.3 is 20.7 Å². The SMILES string of the molecule is COCC1CCN(C(=O)c2sc(NC3CC3)nc2N)CC1. The van der Waals surface area contributed by atoms with Crippen LogP contribution in [-0.2, 0) is 4.74 Å². The summed E-state index contributed by atoms with van der Waals surface area (Å²) < 4.78 is 5.19. The molecule has 0 radical (unpaired) electrons. The zero-order valence-electron chi connectivity index (χ0n) is 12.3. The van der Waals surface area contributed by atoms with Gasteiger partial charge in [0.25, 0.3) is 5.91 Å². The van der Waals surface area contributed by atoms with E-state index in [4.69, 9.17) is 10.5 Å². The fourth-order valence-corrected chi connectivity index (χ4v) is 3.56. The molecule has 0 aromatic carbocycles. The van der Waals surface area contributed by atoms with Crippen molar-refractivity contribution in [2.24, 2.45) is 5.92 Å². The molecule has 0 unspecified atom stereocenters. The fourth-order valence-electron chi connectivity index (χ4n) is 2.63. The number of nitrogens with one attached hydrogen (secondary N) is 1. The van der Waals surface area contributed by atoms with Crippen molar-refractivity contribution >= 4 is 28.2 Å². The number of carbonyl (C=O) groups excluding carboxylic acids is 1. The zero-order valence-corrected chi connectivity index (χ0v) is 13.1. The molecule has 1 saturated heterocycles. The first-order chi connectivity index (χ1) is 10.2. The van der Waals surface area contributed by atoms with Gasteiger partial charge in [-0.15, -0.1) is 0 Å². The summed E-state index contributed by atoms with van der Waals surface area (Å²) in [5.41, 5.74) is 5.91. The van der Waals surface area contributed by atoms with E-state index in [9.17, 15) is 4.79 Å². The maximum absolute atomic E-state index is 12.6. The molecule has 2 fully saturated rings. The molecule has 2 heterocycles. The first kappa shape index (κ1) is 14.6. The van der Waals surface area contributed by atoms with Crippen LogP contribution in [0.5, 0.6) is 0 Å². The highest BCUT2D eigenvalue weighted by Gasteiger charge is 2.28. The van der Waals surface area contributed by atoms with Crippen molar-refractivity contribution < 1.29 is 9.53 Å². The van der Waals surface area contributed by atoms with E-state index in [1.165, 1.54) is 24.2 Å². The van der Waals surface area contributed by atoms with Crippen LogP contribution in [0.15, 0.2) is 0 Å². The third-order valence-electron chi connectivity index (χ3n) is 4.06. The van der Waals surface area contributed by atoms with Crippen molar-refractivity contribution in [3.63, 3.8) is 0 Å². The van der Waals surface area contributed by atoms with Crippen molar-refractivity contribution in [1.29, 1.82) is 0 Å². The van der Waals surface area contributed by atoms with Gasteiger partial charge in [-0.25, -0.2) is 4.98 Å². The first-order valence-corrected chi connectivity index (χ1v) is 8.30. The van der Waals surface area contributed by atoms with E-state index in [1.54, 1.807) is 7.11 Å². The van der Waals surface area contributed by atoms with E-state index < -0.39 is 0 Å². The Bertz CT molecular complexity index is 507. The molecule has 3 rings (SSSR count). The summed E-state index contributed by atoms with van der Waals surface area (Å²) in [5, 5.41) is 4.07. The molecule has 1 aromatic rings. The molecule has 1 aromatic heterocycles. The molecule has 7 heteroatoms. The molecule has 2 aliphatic rings. The van der Waals surface area contributed by atoms with Gasteiger partial charge in [-0.1, -0.05) is 11.3 Å². The van der Waals surface area contributed by atoms with E-state index in [0.717, 1.165) is 37.7 Å². The third kappa shape index (κ3) is 3.47. The fraction of sp³-hybridized carbons (Fsp3) is 0.714. The number of piperidine rings is 1. The van der Waals surface area contributed by atoms with Crippen LogP contribution in [0.3, 0.4) is 0 Å². The molecule has 6 nitrogen and oxygen atoms in total. The van der Waals surface area contributed by atoms with E-state index in [0.29, 0.717) is 22.7 Å². The topological polar surface area (TPSA) is 80.5 Å². The number of amides is 1. The Morgan fingerprint density at radius 2 is 2.14 bits per heavy atom. The van der Waals surface area contributed by atoms with E-state index in [2.05, 4.69) is 10.3 Å². The quantitative estimate of drug-likeness (QED) is 0.867. The predicted molar refractivity (Wildman–Crippen MR) is 83.7 cm³/mol. The molecule has 116 valence electrons. The van der Waals surface area contributed by atoms with Gasteiger partial charge in [0.15, 0.2) is 5.13 Å². The minimum atomic E-state index is 0.0183. The van der Waals surface area contributed by atoms with Crippen molar-refractivity contribution in [3.05, 3.63) is 4.88 Å². The number of anilines is 2. The van der Waals surface area contributed by atoms with Crippen LogP contribution in [0.2, 0.25) is 0 Å². The van der Waals surface area contributed by atoms with E-state index in [1.807, 2.05) is 4.90 Å². The summed E-state index contributed by atoms with van der Waals surface area (Å²) in [6.07, 6.45) is 4.34. The van der Waals surface area contributed by atoms with Gasteiger partial charge in [0.1, 0.15) is 10.7 Å². The number of likely N-dealkylation sites (tertiary alicyclic amines) is 1. The van der Waals surface area contributed by atoms with Gasteiger partial charge in [-0.05, 0) is 31.6 Å². The van der Waals surface area contributed by atoms with Crippen LogP contribution < -0.4 is 11.1 Å². The number of rotatable bonds is 5. The molecule has 3 N–H and O–H groups in total. The number of nitrogens with zero attached hydrogens (tertiary/aromatic N) is 2. The van der Waals surface area contributed by atoms with Crippen LogP contribution in [-0.4, -0.2) is 48.6 Å². The number of nitrogen functional groups attached to an aromatic ring is 1. The molecule has 0 bridgehead atoms. The van der Waals surface area contributed by atoms with E-state index in [-0.39, 0.29) is 5.91 Å².